The van der Waals surface area contributed by atoms with E-state index >= 15 is 0 Å². The lowest BCUT2D eigenvalue weighted by Gasteiger charge is -2.27. The van der Waals surface area contributed by atoms with Gasteiger partial charge in [0.05, 0.1) is 12.1 Å². The lowest BCUT2D eigenvalue weighted by molar-refractivity contribution is -0.117. The van der Waals surface area contributed by atoms with Crippen molar-refractivity contribution in [1.29, 1.82) is 0 Å². The van der Waals surface area contributed by atoms with Crippen molar-refractivity contribution in [1.82, 2.24) is 4.90 Å². The van der Waals surface area contributed by atoms with E-state index in [2.05, 4.69) is 17.4 Å². The van der Waals surface area contributed by atoms with Gasteiger partial charge >= 0.3 is 0 Å². The first-order valence-electron chi connectivity index (χ1n) is 7.74. The van der Waals surface area contributed by atoms with Crippen molar-refractivity contribution in [3.05, 3.63) is 29.3 Å². The van der Waals surface area contributed by atoms with Crippen LogP contribution in [0.1, 0.15) is 38.3 Å². The lowest BCUT2D eigenvalue weighted by Crippen LogP contribution is -2.42. The number of aryl methyl sites for hydroxylation is 2. The van der Waals surface area contributed by atoms with Gasteiger partial charge in [0.1, 0.15) is 0 Å². The Morgan fingerprint density at radius 3 is 2.71 bits per heavy atom. The number of carbonyl (C=O) groups is 1. The summed E-state index contributed by atoms with van der Waals surface area (Å²) in [5, 5.41) is 12.8. The number of hydrogen-bond acceptors (Lipinski definition) is 3. The monoisotopic (exact) mass is 290 g/mol. The molecule has 0 spiro atoms. The Morgan fingerprint density at radius 2 is 2.05 bits per heavy atom. The number of nitrogens with one attached hydrogen (secondary N) is 1. The summed E-state index contributed by atoms with van der Waals surface area (Å²) >= 11 is 0. The minimum atomic E-state index is -0.788. The van der Waals surface area contributed by atoms with E-state index in [9.17, 15) is 9.90 Å². The number of hydrogen-bond donors (Lipinski definition) is 2. The molecule has 4 heteroatoms. The van der Waals surface area contributed by atoms with Crippen LogP contribution in [0.25, 0.3) is 0 Å². The summed E-state index contributed by atoms with van der Waals surface area (Å²) in [7, 11) is 0. The number of anilines is 1. The molecule has 0 radical (unpaired) electrons. The molecule has 1 aromatic rings. The molecule has 116 valence electrons. The van der Waals surface area contributed by atoms with Gasteiger partial charge in [0.15, 0.2) is 0 Å². The summed E-state index contributed by atoms with van der Waals surface area (Å²) in [6, 6.07) is 6.19. The van der Waals surface area contributed by atoms with Gasteiger partial charge in [-0.15, -0.1) is 0 Å². The van der Waals surface area contributed by atoms with Gasteiger partial charge in [-0.1, -0.05) is 13.0 Å². The largest absolute Gasteiger partial charge is 0.389 e. The van der Waals surface area contributed by atoms with Crippen LogP contribution in [0.15, 0.2) is 18.2 Å². The van der Waals surface area contributed by atoms with Crippen molar-refractivity contribution in [2.75, 3.05) is 25.0 Å². The number of amides is 1. The highest BCUT2D eigenvalue weighted by molar-refractivity contribution is 5.92. The molecule has 21 heavy (non-hydrogen) atoms. The first-order chi connectivity index (χ1) is 9.87. The van der Waals surface area contributed by atoms with Crippen molar-refractivity contribution in [2.24, 2.45) is 0 Å². The van der Waals surface area contributed by atoms with Gasteiger partial charge in [-0.3, -0.25) is 9.69 Å². The van der Waals surface area contributed by atoms with Crippen molar-refractivity contribution < 1.29 is 9.90 Å². The SMILES string of the molecule is CCN(CC(=O)Nc1ccc2c(c1)CCC2)CC(C)(C)O. The minimum absolute atomic E-state index is 0.0287. The topological polar surface area (TPSA) is 52.6 Å². The smallest absolute Gasteiger partial charge is 0.238 e. The van der Waals surface area contributed by atoms with Crippen LogP contribution < -0.4 is 5.32 Å². The van der Waals surface area contributed by atoms with Gasteiger partial charge in [0.25, 0.3) is 0 Å². The van der Waals surface area contributed by atoms with E-state index in [4.69, 9.17) is 0 Å². The molecule has 0 saturated heterocycles. The molecule has 1 aliphatic rings. The molecule has 0 unspecified atom stereocenters. The number of benzene rings is 1. The van der Waals surface area contributed by atoms with Crippen LogP contribution in [0.2, 0.25) is 0 Å². The molecule has 0 heterocycles. The van der Waals surface area contributed by atoms with E-state index in [-0.39, 0.29) is 5.91 Å². The third-order valence-corrected chi connectivity index (χ3v) is 3.81. The maximum atomic E-state index is 12.1. The number of nitrogens with zero attached hydrogens (tertiary/aromatic N) is 1. The zero-order valence-electron chi connectivity index (χ0n) is 13.3. The lowest BCUT2D eigenvalue weighted by atomic mass is 10.1. The fourth-order valence-corrected chi connectivity index (χ4v) is 2.88. The maximum Gasteiger partial charge on any atom is 0.238 e. The second-order valence-electron chi connectivity index (χ2n) is 6.50. The Bertz CT molecular complexity index is 506. The summed E-state index contributed by atoms with van der Waals surface area (Å²) in [6.07, 6.45) is 3.47. The zero-order chi connectivity index (χ0) is 15.5. The molecule has 2 N–H and O–H groups in total. The van der Waals surface area contributed by atoms with E-state index in [1.807, 2.05) is 17.9 Å². The van der Waals surface area contributed by atoms with Gasteiger partial charge in [-0.25, -0.2) is 0 Å². The highest BCUT2D eigenvalue weighted by atomic mass is 16.3. The Balaban J connectivity index is 1.92. The van der Waals surface area contributed by atoms with Gasteiger partial charge in [0.2, 0.25) is 5.91 Å². The predicted molar refractivity (Wildman–Crippen MR) is 85.5 cm³/mol. The molecule has 0 aromatic heterocycles. The van der Waals surface area contributed by atoms with Crippen LogP contribution in [0.3, 0.4) is 0 Å². The Morgan fingerprint density at radius 1 is 1.33 bits per heavy atom. The summed E-state index contributed by atoms with van der Waals surface area (Å²) in [5.41, 5.74) is 2.85. The molecule has 1 aliphatic carbocycles. The Kier molecular flexibility index (Phi) is 5.01. The van der Waals surface area contributed by atoms with E-state index in [0.717, 1.165) is 25.1 Å². The molecule has 4 nitrogen and oxygen atoms in total. The van der Waals surface area contributed by atoms with Gasteiger partial charge in [0, 0.05) is 12.2 Å². The molecular weight excluding hydrogens is 264 g/mol. The summed E-state index contributed by atoms with van der Waals surface area (Å²) < 4.78 is 0. The van der Waals surface area contributed by atoms with E-state index in [1.54, 1.807) is 13.8 Å². The average molecular weight is 290 g/mol. The second kappa shape index (κ2) is 6.58. The molecular formula is C17H26N2O2. The molecule has 1 aromatic carbocycles. The van der Waals surface area contributed by atoms with E-state index < -0.39 is 5.60 Å². The molecule has 0 atom stereocenters. The van der Waals surface area contributed by atoms with Crippen molar-refractivity contribution in [3.8, 4) is 0 Å². The van der Waals surface area contributed by atoms with Crippen LogP contribution in [-0.2, 0) is 17.6 Å². The van der Waals surface area contributed by atoms with Crippen molar-refractivity contribution in [3.63, 3.8) is 0 Å². The predicted octanol–water partition coefficient (Wildman–Crippen LogP) is 2.21. The van der Waals surface area contributed by atoms with Crippen molar-refractivity contribution >= 4 is 11.6 Å². The fraction of sp³-hybridized carbons (Fsp3) is 0.588. The number of aliphatic hydroxyl groups is 1. The molecule has 0 fully saturated rings. The van der Waals surface area contributed by atoms with Crippen molar-refractivity contribution in [2.45, 2.75) is 45.6 Å². The highest BCUT2D eigenvalue weighted by Crippen LogP contribution is 2.24. The number of likely N-dealkylation sites (N-methyl/N-ethyl adjacent to an activating group) is 1. The zero-order valence-corrected chi connectivity index (χ0v) is 13.3. The minimum Gasteiger partial charge on any atom is -0.389 e. The molecule has 0 aliphatic heterocycles. The maximum absolute atomic E-state index is 12.1. The standard InChI is InChI=1S/C17H26N2O2/c1-4-19(12-17(2,3)21)11-16(20)18-15-9-8-13-6-5-7-14(13)10-15/h8-10,21H,4-7,11-12H2,1-3H3,(H,18,20). The summed E-state index contributed by atoms with van der Waals surface area (Å²) in [6.45, 7) is 7.04. The van der Waals surface area contributed by atoms with E-state index in [1.165, 1.54) is 17.5 Å². The molecule has 0 saturated carbocycles. The summed E-state index contributed by atoms with van der Waals surface area (Å²) in [4.78, 5) is 14.1. The van der Waals surface area contributed by atoms with Gasteiger partial charge in [-0.2, -0.15) is 0 Å². The van der Waals surface area contributed by atoms with Crippen LogP contribution in [0, 0.1) is 0 Å². The average Bonchev–Trinajstić information content (AvgIpc) is 2.83. The quantitative estimate of drug-likeness (QED) is 0.844. The summed E-state index contributed by atoms with van der Waals surface area (Å²) in [5.74, 6) is -0.0287. The first kappa shape index (κ1) is 16.0. The Hall–Kier alpha value is -1.39. The van der Waals surface area contributed by atoms with Crippen LogP contribution in [-0.4, -0.2) is 41.1 Å². The van der Waals surface area contributed by atoms with Gasteiger partial charge in [-0.05, 0) is 62.9 Å². The third-order valence-electron chi connectivity index (χ3n) is 3.81. The number of fused-ring (bicyclic) bond motifs is 1. The Labute approximate surface area is 127 Å². The van der Waals surface area contributed by atoms with E-state index in [0.29, 0.717) is 13.1 Å². The fourth-order valence-electron chi connectivity index (χ4n) is 2.88. The van der Waals surface area contributed by atoms with Crippen LogP contribution >= 0.6 is 0 Å². The molecule has 0 bridgehead atoms. The molecule has 2 rings (SSSR count). The normalized spacial score (nSPS) is 14.3. The van der Waals surface area contributed by atoms with Crippen LogP contribution in [0.4, 0.5) is 5.69 Å². The highest BCUT2D eigenvalue weighted by Gasteiger charge is 2.19. The number of rotatable bonds is 6. The molecule has 1 amide bonds. The second-order valence-corrected chi connectivity index (χ2v) is 6.50. The number of carbonyl (C=O) groups excluding carboxylic acids is 1. The van der Waals surface area contributed by atoms with Gasteiger partial charge < -0.3 is 10.4 Å². The first-order valence-corrected chi connectivity index (χ1v) is 7.74. The third kappa shape index (κ3) is 4.83. The van der Waals surface area contributed by atoms with Crippen LogP contribution in [0.5, 0.6) is 0 Å².